The van der Waals surface area contributed by atoms with Gasteiger partial charge in [-0.25, -0.2) is 0 Å². The topological polar surface area (TPSA) is 24.1 Å². The zero-order chi connectivity index (χ0) is 4.41. The van der Waals surface area contributed by atoms with Gasteiger partial charge < -0.3 is 10.6 Å². The first-order chi connectivity index (χ1) is 2.89. The monoisotopic (exact) mass is 96.0 g/mol. The lowest BCUT2D eigenvalue weighted by molar-refractivity contribution is 1.28. The molecular weight excluding hydrogens is 92.1 g/mol. The first kappa shape index (κ1) is 3.61. The van der Waals surface area contributed by atoms with Gasteiger partial charge in [-0.3, -0.25) is 0 Å². The normalized spacial score (nSPS) is 17.0. The second kappa shape index (κ2) is 1.26. The lowest BCUT2D eigenvalue weighted by atomic mass is 11.0. The fourth-order valence-corrected chi connectivity index (χ4v) is 0.458. The maximum absolute atomic E-state index is 3.21. The van der Waals surface area contributed by atoms with E-state index in [2.05, 4.69) is 20.5 Å². The van der Waals surface area contributed by atoms with Crippen molar-refractivity contribution in [2.24, 2.45) is 0 Å². The summed E-state index contributed by atoms with van der Waals surface area (Å²) in [6.07, 6.45) is 3.62. The second-order valence-corrected chi connectivity index (χ2v) is 1.50. The summed E-state index contributed by atoms with van der Waals surface area (Å²) in [5.74, 6) is 0. The van der Waals surface area contributed by atoms with Gasteiger partial charge >= 0.3 is 0 Å². The highest BCUT2D eigenvalue weighted by Gasteiger charge is 1.86. The Hall–Kier alpha value is -0.573. The van der Waals surface area contributed by atoms with Crippen LogP contribution < -0.4 is 10.6 Å². The number of rotatable bonds is 0. The molecule has 1 rings (SSSR count). The summed E-state index contributed by atoms with van der Waals surface area (Å²) in [5, 5.41) is 5.72. The highest BCUT2D eigenvalue weighted by molar-refractivity contribution is 6.36. The Bertz CT molecular complexity index is 87.0. The minimum absolute atomic E-state index is 0.898. The second-order valence-electron chi connectivity index (χ2n) is 0.997. The largest absolute Gasteiger partial charge is 0.352 e. The van der Waals surface area contributed by atoms with Gasteiger partial charge in [-0.1, -0.05) is 0 Å². The molecule has 0 atom stereocenters. The Morgan fingerprint density at radius 1 is 1.33 bits per heavy atom. The van der Waals surface area contributed by atoms with Crippen molar-refractivity contribution in [3.8, 4) is 0 Å². The van der Waals surface area contributed by atoms with Crippen LogP contribution in [0, 0.1) is 0 Å². The van der Waals surface area contributed by atoms with Crippen LogP contribution in [-0.2, 0) is 0 Å². The molecular formula is C3H4N2Si. The molecule has 0 bridgehead atoms. The Morgan fingerprint density at radius 2 is 1.83 bits per heavy atom. The maximum Gasteiger partial charge on any atom is 0.0904 e. The molecule has 30 valence electrons. The molecule has 0 unspecified atom stereocenters. The van der Waals surface area contributed by atoms with Gasteiger partial charge in [0.25, 0.3) is 0 Å². The fourth-order valence-electron chi connectivity index (χ4n) is 0.292. The van der Waals surface area contributed by atoms with Crippen molar-refractivity contribution in [2.45, 2.75) is 0 Å². The summed E-state index contributed by atoms with van der Waals surface area (Å²) in [6.45, 7) is 0. The van der Waals surface area contributed by atoms with Crippen LogP contribution in [0.15, 0.2) is 12.4 Å². The van der Waals surface area contributed by atoms with Gasteiger partial charge in [0.05, 0.1) is 15.3 Å². The number of nitrogens with one attached hydrogen (secondary N) is 2. The van der Waals surface area contributed by atoms with Gasteiger partial charge in [0.2, 0.25) is 0 Å². The van der Waals surface area contributed by atoms with Gasteiger partial charge in [0.15, 0.2) is 0 Å². The molecule has 1 aliphatic rings. The average molecular weight is 96.2 g/mol. The van der Waals surface area contributed by atoms with Crippen molar-refractivity contribution in [3.63, 3.8) is 0 Å². The van der Waals surface area contributed by atoms with E-state index in [1.165, 1.54) is 0 Å². The van der Waals surface area contributed by atoms with Crippen LogP contribution in [-0.4, -0.2) is 15.3 Å². The third-order valence-corrected chi connectivity index (χ3v) is 0.827. The lowest BCUT2D eigenvalue weighted by Gasteiger charge is -1.89. The summed E-state index contributed by atoms with van der Waals surface area (Å²) in [4.78, 5) is 0. The van der Waals surface area contributed by atoms with Crippen molar-refractivity contribution in [1.29, 1.82) is 0 Å². The molecule has 3 heteroatoms. The maximum atomic E-state index is 3.21. The van der Waals surface area contributed by atoms with E-state index in [0.717, 1.165) is 5.42 Å². The molecule has 2 N–H and O–H groups in total. The predicted octanol–water partition coefficient (Wildman–Crippen LogP) is -1.09. The van der Waals surface area contributed by atoms with Crippen LogP contribution in [0.2, 0.25) is 0 Å². The Kier molecular flexibility index (Phi) is 0.758. The first-order valence-corrected chi connectivity index (χ1v) is 2.16. The molecule has 0 spiro atoms. The highest BCUT2D eigenvalue weighted by atomic mass is 28.1. The summed E-state index contributed by atoms with van der Waals surface area (Å²) in [7, 11) is 3.21. The van der Waals surface area contributed by atoms with Crippen molar-refractivity contribution >= 4 is 15.3 Å². The van der Waals surface area contributed by atoms with E-state index < -0.39 is 0 Å². The zero-order valence-electron chi connectivity index (χ0n) is 3.15. The van der Waals surface area contributed by atoms with Crippen molar-refractivity contribution in [1.82, 2.24) is 10.6 Å². The minimum Gasteiger partial charge on any atom is -0.352 e. The Labute approximate surface area is 39.3 Å². The predicted molar refractivity (Wildman–Crippen MR) is 26.2 cm³/mol. The van der Waals surface area contributed by atoms with Gasteiger partial charge in [0.1, 0.15) is 0 Å². The highest BCUT2D eigenvalue weighted by Crippen LogP contribution is 1.68. The van der Waals surface area contributed by atoms with Crippen LogP contribution in [0.25, 0.3) is 0 Å². The molecule has 0 amide bonds. The van der Waals surface area contributed by atoms with Gasteiger partial charge in [0, 0.05) is 12.4 Å². The van der Waals surface area contributed by atoms with E-state index in [0.29, 0.717) is 0 Å². The van der Waals surface area contributed by atoms with E-state index in [4.69, 9.17) is 0 Å². The van der Waals surface area contributed by atoms with Crippen LogP contribution >= 0.6 is 0 Å². The van der Waals surface area contributed by atoms with Gasteiger partial charge in [-0.2, -0.15) is 0 Å². The lowest BCUT2D eigenvalue weighted by Crippen LogP contribution is -2.23. The molecule has 0 fully saturated rings. The number of hydrogen-bond acceptors (Lipinski definition) is 2. The first-order valence-electron chi connectivity index (χ1n) is 1.66. The van der Waals surface area contributed by atoms with Gasteiger partial charge in [-0.05, 0) is 0 Å². The molecule has 2 nitrogen and oxygen atoms in total. The summed E-state index contributed by atoms with van der Waals surface area (Å²) < 4.78 is 0. The minimum atomic E-state index is 0.898. The van der Waals surface area contributed by atoms with Crippen molar-refractivity contribution < 1.29 is 0 Å². The molecule has 0 aromatic rings. The van der Waals surface area contributed by atoms with Crippen molar-refractivity contribution in [2.75, 3.05) is 0 Å². The van der Waals surface area contributed by atoms with E-state index in [9.17, 15) is 0 Å². The molecule has 2 radical (unpaired) electrons. The standard InChI is InChI=1S/C3H4N2Si/c6-3-4-1-2-5-3/h1-2,4-5H. The van der Waals surface area contributed by atoms with Crippen LogP contribution in [0.4, 0.5) is 0 Å². The molecule has 1 heterocycles. The number of hydrogen-bond donors (Lipinski definition) is 2. The van der Waals surface area contributed by atoms with E-state index in [-0.39, 0.29) is 0 Å². The molecule has 0 aromatic heterocycles. The van der Waals surface area contributed by atoms with Crippen LogP contribution in [0.5, 0.6) is 0 Å². The molecule has 6 heavy (non-hydrogen) atoms. The Morgan fingerprint density at radius 3 is 2.00 bits per heavy atom. The zero-order valence-corrected chi connectivity index (χ0v) is 4.15. The quantitative estimate of drug-likeness (QED) is 0.374. The Balaban J connectivity index is 2.52. The molecule has 0 saturated heterocycles. The van der Waals surface area contributed by atoms with Crippen LogP contribution in [0.3, 0.4) is 0 Å². The molecule has 1 aliphatic heterocycles. The van der Waals surface area contributed by atoms with Crippen molar-refractivity contribution in [3.05, 3.63) is 12.4 Å². The summed E-state index contributed by atoms with van der Waals surface area (Å²) in [6, 6.07) is 0. The van der Waals surface area contributed by atoms with Crippen LogP contribution in [0.1, 0.15) is 0 Å². The smallest absolute Gasteiger partial charge is 0.0904 e. The summed E-state index contributed by atoms with van der Waals surface area (Å²) in [5.41, 5.74) is 0.898. The van der Waals surface area contributed by atoms with E-state index in [1.54, 1.807) is 0 Å². The molecule has 0 aromatic carbocycles. The third kappa shape index (κ3) is 0.489. The molecule has 0 aliphatic carbocycles. The van der Waals surface area contributed by atoms with E-state index in [1.807, 2.05) is 12.4 Å². The fraction of sp³-hybridized carbons (Fsp3) is 0. The third-order valence-electron chi connectivity index (χ3n) is 0.539. The van der Waals surface area contributed by atoms with Gasteiger partial charge in [-0.15, -0.1) is 0 Å². The average Bonchev–Trinajstić information content (AvgIpc) is 1.86. The SMILES string of the molecule is [Si]=C1NC=CN1. The van der Waals surface area contributed by atoms with E-state index >= 15 is 0 Å². The molecule has 0 saturated carbocycles. The summed E-state index contributed by atoms with van der Waals surface area (Å²) >= 11 is 0.